The second-order valence-electron chi connectivity index (χ2n) is 6.41. The van der Waals surface area contributed by atoms with E-state index in [-0.39, 0.29) is 12.3 Å². The topological polar surface area (TPSA) is 73.6 Å². The summed E-state index contributed by atoms with van der Waals surface area (Å²) in [5.41, 5.74) is 2.74. The zero-order valence-electron chi connectivity index (χ0n) is 16.2. The summed E-state index contributed by atoms with van der Waals surface area (Å²) in [5, 5.41) is 15.1. The average molecular weight is 447 g/mol. The van der Waals surface area contributed by atoms with E-state index in [1.165, 1.54) is 12.1 Å². The number of benzene rings is 3. The number of nitrogens with one attached hydrogen (secondary N) is 1. The minimum atomic E-state index is -0.428. The average Bonchev–Trinajstić information content (AvgIpc) is 2.74. The van der Waals surface area contributed by atoms with Gasteiger partial charge in [-0.3, -0.25) is 10.1 Å². The van der Waals surface area contributed by atoms with Gasteiger partial charge in [-0.05, 0) is 60.5 Å². The number of anilines is 1. The number of nitro groups is 1. The Morgan fingerprint density at radius 1 is 0.900 bits per heavy atom. The van der Waals surface area contributed by atoms with Crippen LogP contribution >= 0.6 is 23.2 Å². The van der Waals surface area contributed by atoms with E-state index in [0.717, 1.165) is 16.8 Å². The molecule has 0 bridgehead atoms. The van der Waals surface area contributed by atoms with Gasteiger partial charge in [-0.25, -0.2) is 0 Å². The van der Waals surface area contributed by atoms with Crippen molar-refractivity contribution >= 4 is 34.6 Å². The normalized spacial score (nSPS) is 10.5. The number of nitrogens with zero attached hydrogens (tertiary/aromatic N) is 1. The first-order valence-corrected chi connectivity index (χ1v) is 10.0. The molecule has 30 heavy (non-hydrogen) atoms. The van der Waals surface area contributed by atoms with Crippen molar-refractivity contribution < 1.29 is 14.4 Å². The maximum absolute atomic E-state index is 10.8. The number of non-ortho nitro benzene ring substituents is 1. The number of hydrogen-bond donors (Lipinski definition) is 1. The van der Waals surface area contributed by atoms with Crippen LogP contribution in [-0.4, -0.2) is 11.5 Å². The molecule has 0 saturated carbocycles. The summed E-state index contributed by atoms with van der Waals surface area (Å²) in [6.07, 6.45) is 0. The monoisotopic (exact) mass is 446 g/mol. The summed E-state index contributed by atoms with van der Waals surface area (Å²) in [4.78, 5) is 10.3. The molecule has 0 atom stereocenters. The Labute approximate surface area is 184 Å². The lowest BCUT2D eigenvalue weighted by atomic mass is 10.2. The second-order valence-corrected chi connectivity index (χ2v) is 7.22. The van der Waals surface area contributed by atoms with Gasteiger partial charge in [0.1, 0.15) is 6.61 Å². The van der Waals surface area contributed by atoms with Gasteiger partial charge in [-0.1, -0.05) is 29.3 Å². The van der Waals surface area contributed by atoms with Crippen LogP contribution in [0.15, 0.2) is 60.7 Å². The maximum Gasteiger partial charge on any atom is 0.269 e. The third kappa shape index (κ3) is 5.78. The molecule has 1 N–H and O–H groups in total. The number of hydrogen-bond acceptors (Lipinski definition) is 5. The summed E-state index contributed by atoms with van der Waals surface area (Å²) in [6.45, 7) is 3.25. The van der Waals surface area contributed by atoms with E-state index < -0.39 is 4.92 Å². The highest BCUT2D eigenvalue weighted by Crippen LogP contribution is 2.30. The number of nitro benzene ring substituents is 1. The highest BCUT2D eigenvalue weighted by Gasteiger charge is 2.09. The van der Waals surface area contributed by atoms with E-state index >= 15 is 0 Å². The zero-order chi connectivity index (χ0) is 21.5. The van der Waals surface area contributed by atoms with Gasteiger partial charge in [0.05, 0.1) is 21.6 Å². The van der Waals surface area contributed by atoms with Crippen LogP contribution in [0.4, 0.5) is 11.4 Å². The molecule has 0 aliphatic carbocycles. The van der Waals surface area contributed by atoms with Crippen LogP contribution in [0, 0.1) is 10.1 Å². The fourth-order valence-electron chi connectivity index (χ4n) is 2.74. The van der Waals surface area contributed by atoms with Crippen LogP contribution in [-0.2, 0) is 13.2 Å². The minimum Gasteiger partial charge on any atom is -0.490 e. The lowest BCUT2D eigenvalue weighted by molar-refractivity contribution is -0.384. The predicted octanol–water partition coefficient (Wildman–Crippen LogP) is 6.49. The zero-order valence-corrected chi connectivity index (χ0v) is 17.7. The molecule has 0 saturated heterocycles. The maximum atomic E-state index is 10.8. The molecule has 3 aromatic rings. The van der Waals surface area contributed by atoms with Crippen molar-refractivity contribution in [2.75, 3.05) is 11.9 Å². The van der Waals surface area contributed by atoms with E-state index in [2.05, 4.69) is 5.32 Å². The van der Waals surface area contributed by atoms with Crippen molar-refractivity contribution in [3.8, 4) is 11.5 Å². The van der Waals surface area contributed by atoms with Gasteiger partial charge in [-0.2, -0.15) is 0 Å². The quantitative estimate of drug-likeness (QED) is 0.300. The molecule has 0 aliphatic rings. The fourth-order valence-corrected chi connectivity index (χ4v) is 3.03. The minimum absolute atomic E-state index is 0.0487. The first kappa shape index (κ1) is 21.7. The SMILES string of the molecule is CCOc1cc(CNc2ccc(Cl)c(Cl)c2)ccc1OCc1ccc([N+](=O)[O-])cc1. The van der Waals surface area contributed by atoms with Gasteiger partial charge >= 0.3 is 0 Å². The van der Waals surface area contributed by atoms with E-state index in [9.17, 15) is 10.1 Å². The smallest absolute Gasteiger partial charge is 0.269 e. The van der Waals surface area contributed by atoms with E-state index in [1.807, 2.05) is 31.2 Å². The Morgan fingerprint density at radius 3 is 2.30 bits per heavy atom. The Balaban J connectivity index is 1.66. The molecule has 0 aromatic heterocycles. The fraction of sp³-hybridized carbons (Fsp3) is 0.182. The molecule has 0 heterocycles. The van der Waals surface area contributed by atoms with Gasteiger partial charge in [0.15, 0.2) is 11.5 Å². The van der Waals surface area contributed by atoms with E-state index in [4.69, 9.17) is 32.7 Å². The molecular formula is C22H20Cl2N2O4. The van der Waals surface area contributed by atoms with E-state index in [1.54, 1.807) is 24.3 Å². The van der Waals surface area contributed by atoms with Crippen LogP contribution in [0.1, 0.15) is 18.1 Å². The van der Waals surface area contributed by atoms with Crippen molar-refractivity contribution in [3.05, 3.63) is 92.0 Å². The van der Waals surface area contributed by atoms with Crippen LogP contribution in [0.2, 0.25) is 10.0 Å². The van der Waals surface area contributed by atoms with Crippen LogP contribution in [0.25, 0.3) is 0 Å². The molecule has 0 radical (unpaired) electrons. The third-order valence-corrected chi connectivity index (χ3v) is 5.00. The summed E-state index contributed by atoms with van der Waals surface area (Å²) in [5.74, 6) is 1.24. The first-order valence-electron chi connectivity index (χ1n) is 9.27. The van der Waals surface area contributed by atoms with Crippen LogP contribution in [0.3, 0.4) is 0 Å². The summed E-state index contributed by atoms with van der Waals surface area (Å²) < 4.78 is 11.6. The van der Waals surface area contributed by atoms with Gasteiger partial charge in [-0.15, -0.1) is 0 Å². The summed E-state index contributed by atoms with van der Waals surface area (Å²) >= 11 is 12.0. The van der Waals surface area contributed by atoms with Crippen molar-refractivity contribution in [2.45, 2.75) is 20.1 Å². The van der Waals surface area contributed by atoms with Gasteiger partial charge < -0.3 is 14.8 Å². The summed E-state index contributed by atoms with van der Waals surface area (Å²) in [6, 6.07) is 17.4. The Bertz CT molecular complexity index is 1030. The molecule has 3 aromatic carbocycles. The number of halogens is 2. The Kier molecular flexibility index (Phi) is 7.38. The molecule has 0 aliphatic heterocycles. The molecule has 0 amide bonds. The second kappa shape index (κ2) is 10.2. The van der Waals surface area contributed by atoms with Crippen molar-refractivity contribution in [1.82, 2.24) is 0 Å². The number of ether oxygens (including phenoxy) is 2. The Hall–Kier alpha value is -2.96. The predicted molar refractivity (Wildman–Crippen MR) is 119 cm³/mol. The molecule has 0 spiro atoms. The molecule has 0 fully saturated rings. The highest BCUT2D eigenvalue weighted by atomic mass is 35.5. The molecule has 8 heteroatoms. The largest absolute Gasteiger partial charge is 0.490 e. The molecule has 3 rings (SSSR count). The lowest BCUT2D eigenvalue weighted by Crippen LogP contribution is -2.03. The van der Waals surface area contributed by atoms with Gasteiger partial charge in [0.2, 0.25) is 0 Å². The third-order valence-electron chi connectivity index (χ3n) is 4.27. The van der Waals surface area contributed by atoms with Crippen LogP contribution < -0.4 is 14.8 Å². The van der Waals surface area contributed by atoms with Gasteiger partial charge in [0.25, 0.3) is 5.69 Å². The number of rotatable bonds is 9. The standard InChI is InChI=1S/C22H20Cl2N2O4/c1-2-29-22-11-16(13-25-17-6-9-19(23)20(24)12-17)5-10-21(22)30-14-15-3-7-18(8-4-15)26(27)28/h3-12,25H,2,13-14H2,1H3. The molecular weight excluding hydrogens is 427 g/mol. The van der Waals surface area contributed by atoms with Crippen molar-refractivity contribution in [2.24, 2.45) is 0 Å². The Morgan fingerprint density at radius 2 is 1.63 bits per heavy atom. The molecule has 6 nitrogen and oxygen atoms in total. The highest BCUT2D eigenvalue weighted by molar-refractivity contribution is 6.42. The van der Waals surface area contributed by atoms with Gasteiger partial charge in [0, 0.05) is 24.4 Å². The lowest BCUT2D eigenvalue weighted by Gasteiger charge is -2.14. The molecule has 156 valence electrons. The first-order chi connectivity index (χ1) is 14.5. The molecule has 0 unspecified atom stereocenters. The van der Waals surface area contributed by atoms with Crippen molar-refractivity contribution in [3.63, 3.8) is 0 Å². The van der Waals surface area contributed by atoms with E-state index in [0.29, 0.717) is 34.7 Å². The van der Waals surface area contributed by atoms with Crippen LogP contribution in [0.5, 0.6) is 11.5 Å². The summed E-state index contributed by atoms with van der Waals surface area (Å²) in [7, 11) is 0. The van der Waals surface area contributed by atoms with Crippen molar-refractivity contribution in [1.29, 1.82) is 0 Å².